The van der Waals surface area contributed by atoms with Crippen LogP contribution < -0.4 is 0 Å². The molecule has 2 aliphatic rings. The summed E-state index contributed by atoms with van der Waals surface area (Å²) < 4.78 is 2.01. The summed E-state index contributed by atoms with van der Waals surface area (Å²) in [6.07, 6.45) is 6.78. The number of carboxylic acid groups (broad SMARTS) is 1. The van der Waals surface area contributed by atoms with Crippen molar-refractivity contribution in [2.45, 2.75) is 37.5 Å². The third kappa shape index (κ3) is 1.38. The van der Waals surface area contributed by atoms with Crippen molar-refractivity contribution in [2.75, 3.05) is 0 Å². The lowest BCUT2D eigenvalue weighted by molar-refractivity contribution is 0.0698. The van der Waals surface area contributed by atoms with Gasteiger partial charge in [0.15, 0.2) is 5.65 Å². The average Bonchev–Trinajstić information content (AvgIpc) is 3.24. The van der Waals surface area contributed by atoms with Gasteiger partial charge in [0.05, 0.1) is 5.69 Å². The number of rotatable bonds is 3. The fraction of sp³-hybridized carbons (Fsp3) is 0.429. The molecular formula is C14H14N2O2. The predicted octanol–water partition coefficient (Wildman–Crippen LogP) is 2.79. The van der Waals surface area contributed by atoms with E-state index in [1.54, 1.807) is 12.1 Å². The number of imidazole rings is 1. The molecular weight excluding hydrogens is 228 g/mol. The van der Waals surface area contributed by atoms with Crippen molar-refractivity contribution < 1.29 is 9.90 Å². The van der Waals surface area contributed by atoms with Crippen LogP contribution in [0.2, 0.25) is 0 Å². The summed E-state index contributed by atoms with van der Waals surface area (Å²) in [5.41, 5.74) is 3.36. The summed E-state index contributed by atoms with van der Waals surface area (Å²) in [6, 6.07) is 3.44. The number of aromatic nitrogens is 2. The molecule has 0 radical (unpaired) electrons. The normalized spacial score (nSPS) is 19.3. The lowest BCUT2D eigenvalue weighted by Crippen LogP contribution is -2.01. The zero-order valence-corrected chi connectivity index (χ0v) is 9.97. The number of nitrogens with zero attached hydrogens (tertiary/aromatic N) is 2. The molecule has 92 valence electrons. The van der Waals surface area contributed by atoms with E-state index in [2.05, 4.69) is 4.98 Å². The van der Waals surface area contributed by atoms with Gasteiger partial charge in [-0.3, -0.25) is 0 Å². The van der Waals surface area contributed by atoms with E-state index in [9.17, 15) is 9.90 Å². The molecule has 2 fully saturated rings. The van der Waals surface area contributed by atoms with E-state index in [0.29, 0.717) is 23.0 Å². The van der Waals surface area contributed by atoms with Gasteiger partial charge in [-0.1, -0.05) is 0 Å². The first kappa shape index (κ1) is 10.1. The van der Waals surface area contributed by atoms with Crippen molar-refractivity contribution in [2.24, 2.45) is 0 Å². The SMILES string of the molecule is O=C(O)c1cccn2c(C3CC3)c(C3CC3)nc12. The Kier molecular flexibility index (Phi) is 1.88. The van der Waals surface area contributed by atoms with Crippen LogP contribution in [0.3, 0.4) is 0 Å². The highest BCUT2D eigenvalue weighted by molar-refractivity contribution is 5.94. The topological polar surface area (TPSA) is 54.6 Å². The Bertz CT molecular complexity index is 651. The van der Waals surface area contributed by atoms with E-state index >= 15 is 0 Å². The Morgan fingerprint density at radius 1 is 1.28 bits per heavy atom. The molecule has 0 aromatic carbocycles. The molecule has 0 saturated heterocycles. The quantitative estimate of drug-likeness (QED) is 0.900. The van der Waals surface area contributed by atoms with Crippen LogP contribution in [0.4, 0.5) is 0 Å². The molecule has 0 spiro atoms. The molecule has 0 aliphatic heterocycles. The second kappa shape index (κ2) is 3.34. The molecule has 0 atom stereocenters. The lowest BCUT2D eigenvalue weighted by Gasteiger charge is -2.02. The molecule has 18 heavy (non-hydrogen) atoms. The molecule has 2 aromatic rings. The molecule has 0 unspecified atom stereocenters. The number of hydrogen-bond donors (Lipinski definition) is 1. The minimum absolute atomic E-state index is 0.311. The van der Waals surface area contributed by atoms with Crippen LogP contribution in [-0.4, -0.2) is 20.5 Å². The molecule has 4 nitrogen and oxygen atoms in total. The largest absolute Gasteiger partial charge is 0.478 e. The zero-order chi connectivity index (χ0) is 12.3. The number of aromatic carboxylic acids is 1. The van der Waals surface area contributed by atoms with Gasteiger partial charge in [0.2, 0.25) is 0 Å². The number of carbonyl (C=O) groups is 1. The maximum Gasteiger partial charge on any atom is 0.339 e. The second-order valence-corrected chi connectivity index (χ2v) is 5.35. The monoisotopic (exact) mass is 242 g/mol. The first-order valence-electron chi connectivity index (χ1n) is 6.50. The van der Waals surface area contributed by atoms with Crippen LogP contribution in [-0.2, 0) is 0 Å². The van der Waals surface area contributed by atoms with Crippen molar-refractivity contribution in [3.8, 4) is 0 Å². The highest BCUT2D eigenvalue weighted by atomic mass is 16.4. The highest BCUT2D eigenvalue weighted by Gasteiger charge is 2.37. The molecule has 2 heterocycles. The Balaban J connectivity index is 2.02. The summed E-state index contributed by atoms with van der Waals surface area (Å²) in [4.78, 5) is 15.9. The second-order valence-electron chi connectivity index (χ2n) is 5.35. The van der Waals surface area contributed by atoms with Gasteiger partial charge in [-0.05, 0) is 37.8 Å². The van der Waals surface area contributed by atoms with Gasteiger partial charge in [-0.25, -0.2) is 9.78 Å². The predicted molar refractivity (Wildman–Crippen MR) is 66.1 cm³/mol. The van der Waals surface area contributed by atoms with Crippen molar-refractivity contribution in [3.05, 3.63) is 35.3 Å². The first-order chi connectivity index (χ1) is 8.75. The minimum atomic E-state index is -0.893. The van der Waals surface area contributed by atoms with E-state index in [4.69, 9.17) is 0 Å². The Morgan fingerprint density at radius 2 is 2.00 bits per heavy atom. The highest BCUT2D eigenvalue weighted by Crippen LogP contribution is 2.49. The van der Waals surface area contributed by atoms with Gasteiger partial charge in [0.25, 0.3) is 0 Å². The van der Waals surface area contributed by atoms with Crippen LogP contribution in [0.1, 0.15) is 59.3 Å². The van der Waals surface area contributed by atoms with Crippen molar-refractivity contribution >= 4 is 11.6 Å². The molecule has 0 amide bonds. The molecule has 4 heteroatoms. The van der Waals surface area contributed by atoms with Crippen LogP contribution in [0.25, 0.3) is 5.65 Å². The maximum atomic E-state index is 11.3. The summed E-state index contributed by atoms with van der Waals surface area (Å²) in [5, 5.41) is 9.24. The number of fused-ring (bicyclic) bond motifs is 1. The van der Waals surface area contributed by atoms with E-state index in [0.717, 1.165) is 5.69 Å². The van der Waals surface area contributed by atoms with E-state index in [1.807, 2.05) is 10.6 Å². The Labute approximate surface area is 104 Å². The standard InChI is InChI=1S/C14H14N2O2/c17-14(18)10-2-1-7-16-12(9-5-6-9)11(8-3-4-8)15-13(10)16/h1-2,7-9H,3-6H2,(H,17,18). The number of carboxylic acids is 1. The number of pyridine rings is 1. The molecule has 1 N–H and O–H groups in total. The molecule has 2 aromatic heterocycles. The van der Waals surface area contributed by atoms with Crippen LogP contribution in [0.15, 0.2) is 18.3 Å². The van der Waals surface area contributed by atoms with Gasteiger partial charge in [0.1, 0.15) is 5.56 Å². The van der Waals surface area contributed by atoms with Crippen molar-refractivity contribution in [1.82, 2.24) is 9.38 Å². The zero-order valence-electron chi connectivity index (χ0n) is 9.97. The van der Waals surface area contributed by atoms with E-state index in [-0.39, 0.29) is 0 Å². The van der Waals surface area contributed by atoms with Gasteiger partial charge in [0, 0.05) is 23.7 Å². The van der Waals surface area contributed by atoms with Crippen molar-refractivity contribution in [3.63, 3.8) is 0 Å². The third-order valence-electron chi connectivity index (χ3n) is 3.87. The van der Waals surface area contributed by atoms with Crippen LogP contribution in [0, 0.1) is 0 Å². The summed E-state index contributed by atoms with van der Waals surface area (Å²) in [5.74, 6) is 0.275. The first-order valence-corrected chi connectivity index (χ1v) is 6.50. The Morgan fingerprint density at radius 3 is 2.61 bits per heavy atom. The van der Waals surface area contributed by atoms with Gasteiger partial charge in [-0.15, -0.1) is 0 Å². The summed E-state index contributed by atoms with van der Waals surface area (Å²) >= 11 is 0. The van der Waals surface area contributed by atoms with E-state index < -0.39 is 5.97 Å². The molecule has 4 rings (SSSR count). The van der Waals surface area contributed by atoms with Gasteiger partial charge >= 0.3 is 5.97 Å². The summed E-state index contributed by atoms with van der Waals surface area (Å²) in [7, 11) is 0. The minimum Gasteiger partial charge on any atom is -0.478 e. The lowest BCUT2D eigenvalue weighted by atomic mass is 10.1. The van der Waals surface area contributed by atoms with Crippen LogP contribution >= 0.6 is 0 Å². The van der Waals surface area contributed by atoms with Gasteiger partial charge in [-0.2, -0.15) is 0 Å². The van der Waals surface area contributed by atoms with E-state index in [1.165, 1.54) is 31.4 Å². The summed E-state index contributed by atoms with van der Waals surface area (Å²) in [6.45, 7) is 0. The molecule has 2 aliphatic carbocycles. The van der Waals surface area contributed by atoms with Crippen LogP contribution in [0.5, 0.6) is 0 Å². The average molecular weight is 242 g/mol. The van der Waals surface area contributed by atoms with Crippen molar-refractivity contribution in [1.29, 1.82) is 0 Å². The third-order valence-corrected chi connectivity index (χ3v) is 3.87. The number of hydrogen-bond acceptors (Lipinski definition) is 2. The van der Waals surface area contributed by atoms with Gasteiger partial charge < -0.3 is 9.51 Å². The fourth-order valence-electron chi connectivity index (χ4n) is 2.69. The fourth-order valence-corrected chi connectivity index (χ4v) is 2.69. The maximum absolute atomic E-state index is 11.3. The smallest absolute Gasteiger partial charge is 0.339 e. The molecule has 0 bridgehead atoms. The molecule has 2 saturated carbocycles. The Hall–Kier alpha value is -1.84.